The van der Waals surface area contributed by atoms with Crippen molar-refractivity contribution in [2.24, 2.45) is 5.92 Å². The minimum absolute atomic E-state index is 0.0265. The Labute approximate surface area is 175 Å². The van der Waals surface area contributed by atoms with Crippen LogP contribution in [-0.4, -0.2) is 38.5 Å². The molecule has 30 heavy (non-hydrogen) atoms. The smallest absolute Gasteiger partial charge is 0.256 e. The van der Waals surface area contributed by atoms with E-state index in [1.807, 2.05) is 50.2 Å². The summed E-state index contributed by atoms with van der Waals surface area (Å²) in [4.78, 5) is 29.7. The van der Waals surface area contributed by atoms with E-state index in [9.17, 15) is 9.59 Å². The zero-order valence-corrected chi connectivity index (χ0v) is 17.3. The molecule has 4 rings (SSSR count). The third kappa shape index (κ3) is 4.20. The van der Waals surface area contributed by atoms with Crippen LogP contribution in [0.3, 0.4) is 0 Å². The van der Waals surface area contributed by atoms with Gasteiger partial charge in [-0.15, -0.1) is 0 Å². The molecule has 2 heterocycles. The van der Waals surface area contributed by atoms with Crippen molar-refractivity contribution in [1.82, 2.24) is 25.2 Å². The summed E-state index contributed by atoms with van der Waals surface area (Å²) in [6.45, 7) is 3.92. The standard InChI is InChI=1S/C23H27N5O2/c1-15(2)26-22(29)17-9-6-10-18(13-17)27-23(30)19-14-25-28-20(11-12-24-21(19)28)16-7-4-3-5-8-16/h3-5,7-8,11-12,14-15,17-18H,6,9-10,13H2,1-2H3,(H,26,29)(H,27,30). The summed E-state index contributed by atoms with van der Waals surface area (Å²) in [6.07, 6.45) is 6.58. The normalized spacial score (nSPS) is 19.0. The Kier molecular flexibility index (Phi) is 5.79. The second-order valence-corrected chi connectivity index (χ2v) is 8.19. The minimum atomic E-state index is -0.197. The van der Waals surface area contributed by atoms with Crippen molar-refractivity contribution >= 4 is 17.5 Å². The van der Waals surface area contributed by atoms with Gasteiger partial charge in [-0.3, -0.25) is 9.59 Å². The number of fused-ring (bicyclic) bond motifs is 1. The molecular weight excluding hydrogens is 378 g/mol. The van der Waals surface area contributed by atoms with Gasteiger partial charge in [0.05, 0.1) is 11.9 Å². The topological polar surface area (TPSA) is 88.4 Å². The van der Waals surface area contributed by atoms with Gasteiger partial charge in [-0.2, -0.15) is 5.10 Å². The largest absolute Gasteiger partial charge is 0.354 e. The monoisotopic (exact) mass is 405 g/mol. The maximum absolute atomic E-state index is 13.0. The lowest BCUT2D eigenvalue weighted by Crippen LogP contribution is -2.43. The highest BCUT2D eigenvalue weighted by Gasteiger charge is 2.29. The quantitative estimate of drug-likeness (QED) is 0.682. The van der Waals surface area contributed by atoms with Crippen molar-refractivity contribution in [2.75, 3.05) is 0 Å². The summed E-state index contributed by atoms with van der Waals surface area (Å²) in [5, 5.41) is 10.5. The van der Waals surface area contributed by atoms with Gasteiger partial charge in [0.2, 0.25) is 5.91 Å². The second kappa shape index (κ2) is 8.65. The van der Waals surface area contributed by atoms with Crippen LogP contribution in [0.5, 0.6) is 0 Å². The summed E-state index contributed by atoms with van der Waals surface area (Å²) in [6, 6.07) is 11.9. The van der Waals surface area contributed by atoms with E-state index >= 15 is 0 Å². The van der Waals surface area contributed by atoms with Crippen molar-refractivity contribution in [3.05, 3.63) is 54.4 Å². The van der Waals surface area contributed by atoms with Crippen molar-refractivity contribution in [1.29, 1.82) is 0 Å². The Morgan fingerprint density at radius 1 is 1.13 bits per heavy atom. The Morgan fingerprint density at radius 2 is 1.93 bits per heavy atom. The van der Waals surface area contributed by atoms with Crippen LogP contribution in [0.2, 0.25) is 0 Å². The van der Waals surface area contributed by atoms with Gasteiger partial charge >= 0.3 is 0 Å². The van der Waals surface area contributed by atoms with Gasteiger partial charge in [0.15, 0.2) is 5.65 Å². The molecule has 7 heteroatoms. The highest BCUT2D eigenvalue weighted by atomic mass is 16.2. The van der Waals surface area contributed by atoms with Crippen LogP contribution in [0.15, 0.2) is 48.8 Å². The molecule has 0 saturated heterocycles. The van der Waals surface area contributed by atoms with Crippen LogP contribution in [0, 0.1) is 5.92 Å². The SMILES string of the molecule is CC(C)NC(=O)C1CCCC(NC(=O)c2cnn3c(-c4ccccc4)ccnc23)C1. The summed E-state index contributed by atoms with van der Waals surface area (Å²) in [7, 11) is 0. The van der Waals surface area contributed by atoms with E-state index in [4.69, 9.17) is 0 Å². The maximum Gasteiger partial charge on any atom is 0.256 e. The zero-order valence-electron chi connectivity index (χ0n) is 17.3. The number of carbonyl (C=O) groups excluding carboxylic acids is 2. The van der Waals surface area contributed by atoms with Gasteiger partial charge in [-0.25, -0.2) is 9.50 Å². The Hall–Kier alpha value is -3.22. The van der Waals surface area contributed by atoms with Crippen LogP contribution in [0.4, 0.5) is 0 Å². The molecule has 2 N–H and O–H groups in total. The molecule has 1 fully saturated rings. The summed E-state index contributed by atoms with van der Waals surface area (Å²) >= 11 is 0. The average molecular weight is 406 g/mol. The van der Waals surface area contributed by atoms with Gasteiger partial charge in [0.1, 0.15) is 5.56 Å². The molecule has 1 aromatic carbocycles. The highest BCUT2D eigenvalue weighted by Crippen LogP contribution is 2.26. The first-order valence-electron chi connectivity index (χ1n) is 10.5. The Morgan fingerprint density at radius 3 is 2.70 bits per heavy atom. The van der Waals surface area contributed by atoms with E-state index in [0.717, 1.165) is 30.5 Å². The van der Waals surface area contributed by atoms with Crippen LogP contribution < -0.4 is 10.6 Å². The Balaban J connectivity index is 1.51. The van der Waals surface area contributed by atoms with E-state index in [1.165, 1.54) is 0 Å². The maximum atomic E-state index is 13.0. The van der Waals surface area contributed by atoms with Gasteiger partial charge in [0, 0.05) is 29.8 Å². The number of hydrogen-bond acceptors (Lipinski definition) is 4. The van der Waals surface area contributed by atoms with Crippen LogP contribution >= 0.6 is 0 Å². The van der Waals surface area contributed by atoms with Gasteiger partial charge in [-0.05, 0) is 39.2 Å². The predicted molar refractivity (Wildman–Crippen MR) is 115 cm³/mol. The second-order valence-electron chi connectivity index (χ2n) is 8.19. The first-order chi connectivity index (χ1) is 14.5. The van der Waals surface area contributed by atoms with Crippen LogP contribution in [0.1, 0.15) is 49.9 Å². The third-order valence-corrected chi connectivity index (χ3v) is 5.53. The number of amides is 2. The number of benzene rings is 1. The number of nitrogens with zero attached hydrogens (tertiary/aromatic N) is 3. The molecule has 1 saturated carbocycles. The molecule has 0 radical (unpaired) electrons. The number of hydrogen-bond donors (Lipinski definition) is 2. The fourth-order valence-corrected chi connectivity index (χ4v) is 4.10. The number of nitrogens with one attached hydrogen (secondary N) is 2. The molecule has 0 aliphatic heterocycles. The molecular formula is C23H27N5O2. The Bertz CT molecular complexity index is 1040. The minimum Gasteiger partial charge on any atom is -0.354 e. The van der Waals surface area contributed by atoms with E-state index in [-0.39, 0.29) is 29.8 Å². The fourth-order valence-electron chi connectivity index (χ4n) is 4.10. The summed E-state index contributed by atoms with van der Waals surface area (Å²) in [5.74, 6) is -0.176. The molecule has 0 spiro atoms. The lowest BCUT2D eigenvalue weighted by Gasteiger charge is -2.29. The van der Waals surface area contributed by atoms with Crippen molar-refractivity contribution in [2.45, 2.75) is 51.6 Å². The molecule has 2 atom stereocenters. The van der Waals surface area contributed by atoms with Gasteiger partial charge in [-0.1, -0.05) is 36.8 Å². The lowest BCUT2D eigenvalue weighted by molar-refractivity contribution is -0.126. The third-order valence-electron chi connectivity index (χ3n) is 5.53. The average Bonchev–Trinajstić information content (AvgIpc) is 3.18. The molecule has 2 amide bonds. The van der Waals surface area contributed by atoms with Gasteiger partial charge < -0.3 is 10.6 Å². The fraction of sp³-hybridized carbons (Fsp3) is 0.391. The molecule has 2 unspecified atom stereocenters. The van der Waals surface area contributed by atoms with E-state index in [2.05, 4.69) is 20.7 Å². The van der Waals surface area contributed by atoms with E-state index in [0.29, 0.717) is 17.6 Å². The summed E-state index contributed by atoms with van der Waals surface area (Å²) < 4.78 is 1.70. The lowest BCUT2D eigenvalue weighted by atomic mass is 9.85. The number of rotatable bonds is 5. The van der Waals surface area contributed by atoms with Crippen LogP contribution in [-0.2, 0) is 4.79 Å². The van der Waals surface area contributed by atoms with E-state index in [1.54, 1.807) is 16.9 Å². The molecule has 2 aromatic heterocycles. The molecule has 1 aliphatic rings. The molecule has 3 aromatic rings. The van der Waals surface area contributed by atoms with Crippen molar-refractivity contribution < 1.29 is 9.59 Å². The van der Waals surface area contributed by atoms with Crippen molar-refractivity contribution in [3.63, 3.8) is 0 Å². The first kappa shape index (κ1) is 20.1. The van der Waals surface area contributed by atoms with E-state index < -0.39 is 0 Å². The van der Waals surface area contributed by atoms with Crippen LogP contribution in [0.25, 0.3) is 16.9 Å². The predicted octanol–water partition coefficient (Wildman–Crippen LogP) is 3.21. The van der Waals surface area contributed by atoms with Crippen molar-refractivity contribution in [3.8, 4) is 11.3 Å². The molecule has 1 aliphatic carbocycles. The number of carbonyl (C=O) groups is 2. The van der Waals surface area contributed by atoms with Gasteiger partial charge in [0.25, 0.3) is 5.91 Å². The summed E-state index contributed by atoms with van der Waals surface area (Å²) in [5.41, 5.74) is 2.86. The molecule has 156 valence electrons. The highest BCUT2D eigenvalue weighted by molar-refractivity contribution is 6.00. The number of aromatic nitrogens is 3. The molecule has 7 nitrogen and oxygen atoms in total. The first-order valence-corrected chi connectivity index (χ1v) is 10.5. The molecule has 0 bridgehead atoms. The zero-order chi connectivity index (χ0) is 21.1.